The van der Waals surface area contributed by atoms with Gasteiger partial charge >= 0.3 is 0 Å². The minimum atomic E-state index is -0.429. The van der Waals surface area contributed by atoms with Gasteiger partial charge in [-0.15, -0.1) is 0 Å². The Kier molecular flexibility index (Phi) is 6.24. The van der Waals surface area contributed by atoms with E-state index in [2.05, 4.69) is 23.2 Å². The topological polar surface area (TPSA) is 83.0 Å². The van der Waals surface area contributed by atoms with Crippen LogP contribution in [0.4, 0.5) is 0 Å². The van der Waals surface area contributed by atoms with Gasteiger partial charge in [0.05, 0.1) is 22.5 Å². The smallest absolute Gasteiger partial charge is 0.249 e. The van der Waals surface area contributed by atoms with Crippen molar-refractivity contribution < 1.29 is 9.53 Å². The van der Waals surface area contributed by atoms with E-state index < -0.39 is 5.91 Å². The molecule has 0 aliphatic carbocycles. The maximum Gasteiger partial charge on any atom is 0.249 e. The molecule has 1 atom stereocenters. The SMILES string of the molecule is NC(=O)c1ccccc1Sc1ccc2c(/C=C/c3ccccn3)nn(C3CCCCO3)c2c1. The van der Waals surface area contributed by atoms with E-state index in [-0.39, 0.29) is 6.23 Å². The third-order valence-electron chi connectivity index (χ3n) is 5.62. The molecule has 6 nitrogen and oxygen atoms in total. The van der Waals surface area contributed by atoms with Crippen LogP contribution in [0.25, 0.3) is 23.1 Å². The van der Waals surface area contributed by atoms with Gasteiger partial charge in [-0.25, -0.2) is 4.68 Å². The highest BCUT2D eigenvalue weighted by atomic mass is 32.2. The van der Waals surface area contributed by atoms with Gasteiger partial charge in [0, 0.05) is 28.0 Å². The third-order valence-corrected chi connectivity index (χ3v) is 6.68. The average Bonchev–Trinajstić information content (AvgIpc) is 3.22. The van der Waals surface area contributed by atoms with Crippen molar-refractivity contribution >= 4 is 40.7 Å². The standard InChI is InChI=1S/C26H24N4O2S/c27-26(31)21-8-1-2-9-24(21)33-19-12-13-20-22(14-11-18-7-3-5-15-28-18)29-30(23(20)17-19)25-10-4-6-16-32-25/h1-3,5,7-9,11-15,17,25H,4,6,10,16H2,(H2,27,31)/b14-11+. The van der Waals surface area contributed by atoms with Crippen molar-refractivity contribution in [3.8, 4) is 0 Å². The van der Waals surface area contributed by atoms with Crippen molar-refractivity contribution in [3.05, 3.63) is 83.8 Å². The van der Waals surface area contributed by atoms with Crippen LogP contribution >= 0.6 is 11.8 Å². The average molecular weight is 457 g/mol. The molecule has 2 N–H and O–H groups in total. The van der Waals surface area contributed by atoms with Gasteiger partial charge in [0.2, 0.25) is 5.91 Å². The molecule has 1 amide bonds. The molecule has 1 fully saturated rings. The first-order chi connectivity index (χ1) is 16.2. The summed E-state index contributed by atoms with van der Waals surface area (Å²) in [6.07, 6.45) is 8.79. The van der Waals surface area contributed by atoms with Crippen LogP contribution < -0.4 is 5.73 Å². The first kappa shape index (κ1) is 21.4. The molecule has 166 valence electrons. The first-order valence-corrected chi connectivity index (χ1v) is 11.8. The van der Waals surface area contributed by atoms with E-state index in [1.807, 2.05) is 53.2 Å². The molecule has 3 heterocycles. The third kappa shape index (κ3) is 4.69. The van der Waals surface area contributed by atoms with Crippen LogP contribution in [0.15, 0.2) is 76.7 Å². The Labute approximate surface area is 196 Å². The molecule has 1 aliphatic rings. The summed E-state index contributed by atoms with van der Waals surface area (Å²) in [5.74, 6) is -0.429. The lowest BCUT2D eigenvalue weighted by Gasteiger charge is -2.23. The van der Waals surface area contributed by atoms with Crippen molar-refractivity contribution in [2.24, 2.45) is 5.73 Å². The molecule has 1 unspecified atom stereocenters. The van der Waals surface area contributed by atoms with Gasteiger partial charge in [0.1, 0.15) is 0 Å². The van der Waals surface area contributed by atoms with Crippen molar-refractivity contribution in [2.75, 3.05) is 6.61 Å². The normalized spacial score (nSPS) is 16.4. The van der Waals surface area contributed by atoms with Crippen LogP contribution in [0.5, 0.6) is 0 Å². The van der Waals surface area contributed by atoms with E-state index in [1.54, 1.807) is 12.3 Å². The summed E-state index contributed by atoms with van der Waals surface area (Å²) in [5.41, 5.74) is 8.85. The molecule has 2 aromatic carbocycles. The number of nitrogens with two attached hydrogens (primary N) is 1. The monoisotopic (exact) mass is 456 g/mol. The summed E-state index contributed by atoms with van der Waals surface area (Å²) in [5, 5.41) is 5.96. The zero-order valence-corrected chi connectivity index (χ0v) is 18.9. The Morgan fingerprint density at radius 3 is 2.76 bits per heavy atom. The number of rotatable bonds is 6. The zero-order chi connectivity index (χ0) is 22.6. The van der Waals surface area contributed by atoms with E-state index >= 15 is 0 Å². The highest BCUT2D eigenvalue weighted by Gasteiger charge is 2.21. The molecular formula is C26H24N4O2S. The lowest BCUT2D eigenvalue weighted by molar-refractivity contribution is -0.0367. The van der Waals surface area contributed by atoms with Gasteiger partial charge in [0.25, 0.3) is 0 Å². The number of pyridine rings is 1. The fourth-order valence-electron chi connectivity index (χ4n) is 3.99. The van der Waals surface area contributed by atoms with Crippen LogP contribution in [0.2, 0.25) is 0 Å². The second-order valence-electron chi connectivity index (χ2n) is 7.88. The van der Waals surface area contributed by atoms with Gasteiger partial charge in [-0.1, -0.05) is 30.0 Å². The van der Waals surface area contributed by atoms with Crippen LogP contribution in [-0.4, -0.2) is 27.3 Å². The second-order valence-corrected chi connectivity index (χ2v) is 9.00. The summed E-state index contributed by atoms with van der Waals surface area (Å²) in [7, 11) is 0. The number of carbonyl (C=O) groups excluding carboxylic acids is 1. The molecule has 1 aliphatic heterocycles. The Bertz CT molecular complexity index is 1310. The summed E-state index contributed by atoms with van der Waals surface area (Å²) in [6.45, 7) is 0.742. The summed E-state index contributed by atoms with van der Waals surface area (Å²) < 4.78 is 8.05. The van der Waals surface area contributed by atoms with Crippen LogP contribution in [0.3, 0.4) is 0 Å². The van der Waals surface area contributed by atoms with Gasteiger partial charge < -0.3 is 10.5 Å². The number of nitrogens with zero attached hydrogens (tertiary/aromatic N) is 3. The number of aromatic nitrogens is 3. The second kappa shape index (κ2) is 9.60. The Balaban J connectivity index is 1.55. The maximum atomic E-state index is 11.8. The molecule has 1 saturated heterocycles. The Morgan fingerprint density at radius 1 is 1.09 bits per heavy atom. The van der Waals surface area contributed by atoms with Crippen LogP contribution in [0, 0.1) is 0 Å². The van der Waals surface area contributed by atoms with E-state index in [1.165, 1.54) is 11.8 Å². The largest absolute Gasteiger partial charge is 0.366 e. The van der Waals surface area contributed by atoms with E-state index in [4.69, 9.17) is 15.6 Å². The number of ether oxygens (including phenoxy) is 1. The molecule has 7 heteroatoms. The molecule has 0 bridgehead atoms. The van der Waals surface area contributed by atoms with E-state index in [9.17, 15) is 4.79 Å². The Hall–Kier alpha value is -3.42. The lowest BCUT2D eigenvalue weighted by atomic mass is 10.1. The van der Waals surface area contributed by atoms with Gasteiger partial charge in [0.15, 0.2) is 6.23 Å². The summed E-state index contributed by atoms with van der Waals surface area (Å²) >= 11 is 1.52. The first-order valence-electron chi connectivity index (χ1n) is 11.0. The zero-order valence-electron chi connectivity index (χ0n) is 18.1. The molecule has 4 aromatic rings. The number of carbonyl (C=O) groups is 1. The lowest BCUT2D eigenvalue weighted by Crippen LogP contribution is -2.19. The van der Waals surface area contributed by atoms with E-state index in [0.717, 1.165) is 58.0 Å². The number of hydrogen-bond donors (Lipinski definition) is 1. The van der Waals surface area contributed by atoms with Crippen LogP contribution in [0.1, 0.15) is 47.2 Å². The molecule has 0 saturated carbocycles. The fourth-order valence-corrected chi connectivity index (χ4v) is 4.97. The minimum Gasteiger partial charge on any atom is -0.366 e. The minimum absolute atomic E-state index is 0.0867. The summed E-state index contributed by atoms with van der Waals surface area (Å²) in [4.78, 5) is 18.1. The highest BCUT2D eigenvalue weighted by Crippen LogP contribution is 2.35. The Morgan fingerprint density at radius 2 is 1.97 bits per heavy atom. The number of fused-ring (bicyclic) bond motifs is 1. The van der Waals surface area contributed by atoms with Gasteiger partial charge in [-0.05, 0) is 73.9 Å². The fraction of sp³-hybridized carbons (Fsp3) is 0.192. The maximum absolute atomic E-state index is 11.8. The molecule has 0 spiro atoms. The highest BCUT2D eigenvalue weighted by molar-refractivity contribution is 7.99. The van der Waals surface area contributed by atoms with Crippen molar-refractivity contribution in [1.29, 1.82) is 0 Å². The van der Waals surface area contributed by atoms with Crippen molar-refractivity contribution in [1.82, 2.24) is 14.8 Å². The molecule has 0 radical (unpaired) electrons. The summed E-state index contributed by atoms with van der Waals surface area (Å²) in [6, 6.07) is 19.5. The number of hydrogen-bond acceptors (Lipinski definition) is 5. The molecule has 5 rings (SSSR count). The number of benzene rings is 2. The quantitative estimate of drug-likeness (QED) is 0.411. The predicted octanol–water partition coefficient (Wildman–Crippen LogP) is 5.55. The number of primary amides is 1. The van der Waals surface area contributed by atoms with E-state index in [0.29, 0.717) is 5.56 Å². The van der Waals surface area contributed by atoms with Crippen LogP contribution in [-0.2, 0) is 4.74 Å². The molecule has 2 aromatic heterocycles. The molecular weight excluding hydrogens is 432 g/mol. The van der Waals surface area contributed by atoms with Gasteiger partial charge in [-0.2, -0.15) is 5.10 Å². The molecule has 33 heavy (non-hydrogen) atoms. The van der Waals surface area contributed by atoms with Gasteiger partial charge in [-0.3, -0.25) is 9.78 Å². The number of amides is 1. The van der Waals surface area contributed by atoms with Crippen molar-refractivity contribution in [3.63, 3.8) is 0 Å². The predicted molar refractivity (Wildman–Crippen MR) is 131 cm³/mol. The van der Waals surface area contributed by atoms with Crippen molar-refractivity contribution in [2.45, 2.75) is 35.3 Å².